The SMILES string of the molecule is CCC(CCN)CCC(=O)N1CCC(C)C(C)C1. The Morgan fingerprint density at radius 1 is 1.33 bits per heavy atom. The van der Waals surface area contributed by atoms with Gasteiger partial charge < -0.3 is 10.6 Å². The van der Waals surface area contributed by atoms with Gasteiger partial charge in [0.25, 0.3) is 0 Å². The van der Waals surface area contributed by atoms with E-state index < -0.39 is 0 Å². The van der Waals surface area contributed by atoms with Crippen molar-refractivity contribution in [3.8, 4) is 0 Å². The number of rotatable bonds is 6. The predicted molar refractivity (Wildman–Crippen MR) is 76.2 cm³/mol. The Bertz CT molecular complexity index is 255. The molecule has 0 saturated carbocycles. The van der Waals surface area contributed by atoms with E-state index in [1.54, 1.807) is 0 Å². The van der Waals surface area contributed by atoms with Gasteiger partial charge in [0, 0.05) is 19.5 Å². The van der Waals surface area contributed by atoms with Crippen LogP contribution >= 0.6 is 0 Å². The maximum Gasteiger partial charge on any atom is 0.222 e. The molecule has 1 aliphatic heterocycles. The molecule has 3 atom stereocenters. The van der Waals surface area contributed by atoms with E-state index in [4.69, 9.17) is 5.73 Å². The van der Waals surface area contributed by atoms with Crippen molar-refractivity contribution in [2.45, 2.75) is 52.9 Å². The second kappa shape index (κ2) is 7.78. The molecule has 0 aromatic carbocycles. The minimum Gasteiger partial charge on any atom is -0.342 e. The van der Waals surface area contributed by atoms with Gasteiger partial charge in [-0.15, -0.1) is 0 Å². The first-order chi connectivity index (χ1) is 8.58. The van der Waals surface area contributed by atoms with Gasteiger partial charge in [0.05, 0.1) is 0 Å². The molecule has 3 nitrogen and oxygen atoms in total. The van der Waals surface area contributed by atoms with E-state index in [0.29, 0.717) is 24.2 Å². The molecule has 0 aromatic heterocycles. The van der Waals surface area contributed by atoms with Gasteiger partial charge in [0.1, 0.15) is 0 Å². The molecule has 2 N–H and O–H groups in total. The van der Waals surface area contributed by atoms with Crippen LogP contribution < -0.4 is 5.73 Å². The topological polar surface area (TPSA) is 46.3 Å². The molecule has 106 valence electrons. The number of carbonyl (C=O) groups is 1. The molecule has 0 aromatic rings. The summed E-state index contributed by atoms with van der Waals surface area (Å²) in [5, 5.41) is 0. The molecule has 1 saturated heterocycles. The third-order valence-electron chi connectivity index (χ3n) is 4.61. The molecular formula is C15H30N2O. The number of hydrogen-bond acceptors (Lipinski definition) is 2. The molecule has 0 bridgehead atoms. The summed E-state index contributed by atoms with van der Waals surface area (Å²) in [6, 6.07) is 0. The van der Waals surface area contributed by atoms with Crippen molar-refractivity contribution in [3.05, 3.63) is 0 Å². The zero-order valence-electron chi connectivity index (χ0n) is 12.3. The summed E-state index contributed by atoms with van der Waals surface area (Å²) in [5.74, 6) is 2.38. The van der Waals surface area contributed by atoms with Crippen LogP contribution in [0.2, 0.25) is 0 Å². The number of nitrogens with zero attached hydrogens (tertiary/aromatic N) is 1. The van der Waals surface area contributed by atoms with Gasteiger partial charge in [-0.25, -0.2) is 0 Å². The van der Waals surface area contributed by atoms with Crippen LogP contribution in [-0.2, 0) is 4.79 Å². The lowest BCUT2D eigenvalue weighted by atomic mass is 9.88. The molecule has 0 spiro atoms. The summed E-state index contributed by atoms with van der Waals surface area (Å²) in [6.45, 7) is 9.39. The van der Waals surface area contributed by atoms with E-state index in [9.17, 15) is 4.79 Å². The summed E-state index contributed by atoms with van der Waals surface area (Å²) < 4.78 is 0. The van der Waals surface area contributed by atoms with Crippen LogP contribution in [0.15, 0.2) is 0 Å². The molecule has 1 heterocycles. The summed E-state index contributed by atoms with van der Waals surface area (Å²) in [4.78, 5) is 14.2. The van der Waals surface area contributed by atoms with Gasteiger partial charge in [0.15, 0.2) is 0 Å². The Labute approximate surface area is 112 Å². The second-order valence-electron chi connectivity index (χ2n) is 5.97. The largest absolute Gasteiger partial charge is 0.342 e. The van der Waals surface area contributed by atoms with Crippen molar-refractivity contribution in [1.29, 1.82) is 0 Å². The monoisotopic (exact) mass is 254 g/mol. The predicted octanol–water partition coefficient (Wildman–Crippen LogP) is 2.65. The van der Waals surface area contributed by atoms with Gasteiger partial charge in [-0.2, -0.15) is 0 Å². The summed E-state index contributed by atoms with van der Waals surface area (Å²) in [5.41, 5.74) is 5.59. The lowest BCUT2D eigenvalue weighted by molar-refractivity contribution is -0.133. The smallest absolute Gasteiger partial charge is 0.222 e. The Kier molecular flexibility index (Phi) is 6.69. The van der Waals surface area contributed by atoms with Gasteiger partial charge in [-0.3, -0.25) is 4.79 Å². The van der Waals surface area contributed by atoms with Gasteiger partial charge in [-0.05, 0) is 43.6 Å². The van der Waals surface area contributed by atoms with Crippen LogP contribution in [0.1, 0.15) is 52.9 Å². The van der Waals surface area contributed by atoms with Crippen molar-refractivity contribution < 1.29 is 4.79 Å². The molecule has 1 fully saturated rings. The third-order valence-corrected chi connectivity index (χ3v) is 4.61. The highest BCUT2D eigenvalue weighted by Crippen LogP contribution is 2.24. The quantitative estimate of drug-likeness (QED) is 0.792. The number of hydrogen-bond donors (Lipinski definition) is 1. The minimum absolute atomic E-state index is 0.351. The molecule has 18 heavy (non-hydrogen) atoms. The lowest BCUT2D eigenvalue weighted by Crippen LogP contribution is -2.42. The van der Waals surface area contributed by atoms with E-state index in [1.165, 1.54) is 0 Å². The normalized spacial score (nSPS) is 26.1. The van der Waals surface area contributed by atoms with Crippen molar-refractivity contribution in [2.24, 2.45) is 23.5 Å². The Hall–Kier alpha value is -0.570. The maximum absolute atomic E-state index is 12.2. The first-order valence-corrected chi connectivity index (χ1v) is 7.56. The summed E-state index contributed by atoms with van der Waals surface area (Å²) in [7, 11) is 0. The molecule has 1 amide bonds. The van der Waals surface area contributed by atoms with E-state index in [1.807, 2.05) is 0 Å². The number of carbonyl (C=O) groups excluding carboxylic acids is 1. The molecule has 0 aliphatic carbocycles. The third kappa shape index (κ3) is 4.60. The Morgan fingerprint density at radius 2 is 2.06 bits per heavy atom. The zero-order valence-corrected chi connectivity index (χ0v) is 12.3. The van der Waals surface area contributed by atoms with E-state index in [0.717, 1.165) is 51.2 Å². The maximum atomic E-state index is 12.2. The molecule has 0 radical (unpaired) electrons. The van der Waals surface area contributed by atoms with Crippen LogP contribution in [0.25, 0.3) is 0 Å². The zero-order chi connectivity index (χ0) is 13.5. The van der Waals surface area contributed by atoms with Crippen LogP contribution in [0.3, 0.4) is 0 Å². The first kappa shape index (κ1) is 15.5. The Balaban J connectivity index is 2.32. The van der Waals surface area contributed by atoms with Gasteiger partial charge in [-0.1, -0.05) is 27.2 Å². The van der Waals surface area contributed by atoms with Crippen LogP contribution in [-0.4, -0.2) is 30.4 Å². The Morgan fingerprint density at radius 3 is 2.61 bits per heavy atom. The van der Waals surface area contributed by atoms with E-state index in [-0.39, 0.29) is 0 Å². The fourth-order valence-corrected chi connectivity index (χ4v) is 2.76. The van der Waals surface area contributed by atoms with Crippen LogP contribution in [0.4, 0.5) is 0 Å². The lowest BCUT2D eigenvalue weighted by Gasteiger charge is -2.35. The second-order valence-corrected chi connectivity index (χ2v) is 5.97. The number of piperidine rings is 1. The average Bonchev–Trinajstić information content (AvgIpc) is 2.37. The van der Waals surface area contributed by atoms with E-state index >= 15 is 0 Å². The highest BCUT2D eigenvalue weighted by atomic mass is 16.2. The van der Waals surface area contributed by atoms with Crippen molar-refractivity contribution in [3.63, 3.8) is 0 Å². The van der Waals surface area contributed by atoms with Crippen molar-refractivity contribution in [1.82, 2.24) is 4.90 Å². The number of nitrogens with two attached hydrogens (primary N) is 1. The van der Waals surface area contributed by atoms with Gasteiger partial charge >= 0.3 is 0 Å². The molecule has 1 rings (SSSR count). The first-order valence-electron chi connectivity index (χ1n) is 7.56. The molecule has 1 aliphatic rings. The average molecular weight is 254 g/mol. The molecule has 3 unspecified atom stereocenters. The highest BCUT2D eigenvalue weighted by Gasteiger charge is 2.25. The summed E-state index contributed by atoms with van der Waals surface area (Å²) >= 11 is 0. The minimum atomic E-state index is 0.351. The number of likely N-dealkylation sites (tertiary alicyclic amines) is 1. The standard InChI is InChI=1S/C15H30N2O/c1-4-14(7-9-16)5-6-15(18)17-10-8-12(2)13(3)11-17/h12-14H,4-11,16H2,1-3H3. The highest BCUT2D eigenvalue weighted by molar-refractivity contribution is 5.76. The van der Waals surface area contributed by atoms with Gasteiger partial charge in [0.2, 0.25) is 5.91 Å². The van der Waals surface area contributed by atoms with Crippen molar-refractivity contribution >= 4 is 5.91 Å². The fraction of sp³-hybridized carbons (Fsp3) is 0.933. The molecular weight excluding hydrogens is 224 g/mol. The number of amides is 1. The van der Waals surface area contributed by atoms with Crippen molar-refractivity contribution in [2.75, 3.05) is 19.6 Å². The van der Waals surface area contributed by atoms with Crippen LogP contribution in [0.5, 0.6) is 0 Å². The van der Waals surface area contributed by atoms with E-state index in [2.05, 4.69) is 25.7 Å². The molecule has 3 heteroatoms. The van der Waals surface area contributed by atoms with Crippen LogP contribution in [0, 0.1) is 17.8 Å². The summed E-state index contributed by atoms with van der Waals surface area (Å²) in [6.07, 6.45) is 5.06. The fourth-order valence-electron chi connectivity index (χ4n) is 2.76.